The summed E-state index contributed by atoms with van der Waals surface area (Å²) in [5.41, 5.74) is 2.74. The first-order valence-corrected chi connectivity index (χ1v) is 5.44. The maximum atomic E-state index is 4.14. The van der Waals surface area contributed by atoms with Gasteiger partial charge in [-0.1, -0.05) is 6.92 Å². The molecule has 78 valence electrons. The minimum atomic E-state index is 1.11. The van der Waals surface area contributed by atoms with Crippen LogP contribution in [0.3, 0.4) is 0 Å². The molecule has 1 rings (SSSR count). The highest BCUT2D eigenvalue weighted by Gasteiger charge is 1.96. The van der Waals surface area contributed by atoms with Crippen molar-refractivity contribution in [3.8, 4) is 0 Å². The summed E-state index contributed by atoms with van der Waals surface area (Å²) in [5.74, 6) is 0. The van der Waals surface area contributed by atoms with E-state index in [4.69, 9.17) is 0 Å². The van der Waals surface area contributed by atoms with Crippen LogP contribution in [0, 0.1) is 6.92 Å². The number of nitrogens with zero attached hydrogens (tertiary/aromatic N) is 1. The zero-order chi connectivity index (χ0) is 10.2. The van der Waals surface area contributed by atoms with E-state index < -0.39 is 0 Å². The minimum Gasteiger partial charge on any atom is -0.317 e. The monoisotopic (exact) mass is 192 g/mol. The molecule has 0 spiro atoms. The highest BCUT2D eigenvalue weighted by Crippen LogP contribution is 2.06. The molecule has 1 heterocycles. The fourth-order valence-corrected chi connectivity index (χ4v) is 1.46. The lowest BCUT2D eigenvalue weighted by molar-refractivity contribution is 0.638. The van der Waals surface area contributed by atoms with E-state index in [9.17, 15) is 0 Å². The van der Waals surface area contributed by atoms with Gasteiger partial charge in [-0.3, -0.25) is 4.98 Å². The van der Waals surface area contributed by atoms with Crippen LogP contribution in [-0.4, -0.2) is 18.1 Å². The van der Waals surface area contributed by atoms with Crippen LogP contribution in [0.15, 0.2) is 18.5 Å². The molecule has 0 aliphatic heterocycles. The van der Waals surface area contributed by atoms with Gasteiger partial charge in [0, 0.05) is 12.4 Å². The molecule has 1 aromatic heterocycles. The van der Waals surface area contributed by atoms with Crippen molar-refractivity contribution in [2.24, 2.45) is 0 Å². The van der Waals surface area contributed by atoms with Gasteiger partial charge in [-0.2, -0.15) is 0 Å². The second-order valence-corrected chi connectivity index (χ2v) is 3.66. The topological polar surface area (TPSA) is 24.9 Å². The van der Waals surface area contributed by atoms with E-state index in [1.807, 2.05) is 12.4 Å². The van der Waals surface area contributed by atoms with E-state index in [0.717, 1.165) is 19.5 Å². The standard InChI is InChI=1S/C12H20N2/c1-3-7-13-8-4-5-12-10-14-9-6-11(12)2/h6,9-10,13H,3-5,7-8H2,1-2H3. The summed E-state index contributed by atoms with van der Waals surface area (Å²) in [7, 11) is 0. The Morgan fingerprint density at radius 3 is 2.93 bits per heavy atom. The lowest BCUT2D eigenvalue weighted by Gasteiger charge is -2.05. The maximum Gasteiger partial charge on any atom is 0.0302 e. The molecule has 0 aliphatic rings. The summed E-state index contributed by atoms with van der Waals surface area (Å²) in [6, 6.07) is 2.08. The number of pyridine rings is 1. The van der Waals surface area contributed by atoms with Crippen molar-refractivity contribution in [3.05, 3.63) is 29.6 Å². The SMILES string of the molecule is CCCNCCCc1cnccc1C. The van der Waals surface area contributed by atoms with Crippen molar-refractivity contribution >= 4 is 0 Å². The van der Waals surface area contributed by atoms with E-state index in [0.29, 0.717) is 0 Å². The third-order valence-electron chi connectivity index (χ3n) is 2.37. The first-order chi connectivity index (χ1) is 6.84. The third kappa shape index (κ3) is 3.88. The van der Waals surface area contributed by atoms with Crippen LogP contribution in [0.25, 0.3) is 0 Å². The van der Waals surface area contributed by atoms with Gasteiger partial charge < -0.3 is 5.32 Å². The molecular formula is C12H20N2. The van der Waals surface area contributed by atoms with Crippen molar-refractivity contribution in [2.75, 3.05) is 13.1 Å². The van der Waals surface area contributed by atoms with Crippen molar-refractivity contribution in [1.82, 2.24) is 10.3 Å². The third-order valence-corrected chi connectivity index (χ3v) is 2.37. The fourth-order valence-electron chi connectivity index (χ4n) is 1.46. The van der Waals surface area contributed by atoms with E-state index in [-0.39, 0.29) is 0 Å². The molecule has 0 unspecified atom stereocenters. The van der Waals surface area contributed by atoms with E-state index >= 15 is 0 Å². The minimum absolute atomic E-state index is 1.11. The van der Waals surface area contributed by atoms with Crippen molar-refractivity contribution in [3.63, 3.8) is 0 Å². The molecule has 14 heavy (non-hydrogen) atoms. The van der Waals surface area contributed by atoms with Crippen LogP contribution in [0.4, 0.5) is 0 Å². The first kappa shape index (κ1) is 11.2. The van der Waals surface area contributed by atoms with Crippen LogP contribution in [0.1, 0.15) is 30.9 Å². The van der Waals surface area contributed by atoms with Gasteiger partial charge >= 0.3 is 0 Å². The molecule has 1 N–H and O–H groups in total. The smallest absolute Gasteiger partial charge is 0.0302 e. The molecule has 0 saturated carbocycles. The summed E-state index contributed by atoms with van der Waals surface area (Å²) in [6.07, 6.45) is 7.39. The number of hydrogen-bond acceptors (Lipinski definition) is 2. The number of aryl methyl sites for hydroxylation is 2. The summed E-state index contributed by atoms with van der Waals surface area (Å²) in [4.78, 5) is 4.14. The van der Waals surface area contributed by atoms with E-state index in [1.165, 1.54) is 24.0 Å². The number of nitrogens with one attached hydrogen (secondary N) is 1. The average molecular weight is 192 g/mol. The summed E-state index contributed by atoms with van der Waals surface area (Å²) >= 11 is 0. The maximum absolute atomic E-state index is 4.14. The van der Waals surface area contributed by atoms with Gasteiger partial charge in [-0.15, -0.1) is 0 Å². The van der Waals surface area contributed by atoms with Crippen LogP contribution in [0.2, 0.25) is 0 Å². The quantitative estimate of drug-likeness (QED) is 0.700. The van der Waals surface area contributed by atoms with Crippen molar-refractivity contribution in [2.45, 2.75) is 33.1 Å². The molecule has 0 aliphatic carbocycles. The summed E-state index contributed by atoms with van der Waals surface area (Å²) < 4.78 is 0. The largest absolute Gasteiger partial charge is 0.317 e. The van der Waals surface area contributed by atoms with Crippen LogP contribution in [-0.2, 0) is 6.42 Å². The molecule has 0 amide bonds. The molecule has 2 heteroatoms. The molecule has 0 saturated heterocycles. The molecular weight excluding hydrogens is 172 g/mol. The Bertz CT molecular complexity index is 258. The van der Waals surface area contributed by atoms with E-state index in [2.05, 4.69) is 30.2 Å². The zero-order valence-electron chi connectivity index (χ0n) is 9.21. The fraction of sp³-hybridized carbons (Fsp3) is 0.583. The first-order valence-electron chi connectivity index (χ1n) is 5.44. The zero-order valence-corrected chi connectivity index (χ0v) is 9.21. The number of rotatable bonds is 6. The van der Waals surface area contributed by atoms with Gasteiger partial charge in [-0.05, 0) is 56.5 Å². The van der Waals surface area contributed by atoms with E-state index in [1.54, 1.807) is 0 Å². The lowest BCUT2D eigenvalue weighted by Crippen LogP contribution is -2.16. The Balaban J connectivity index is 2.21. The Morgan fingerprint density at radius 2 is 2.21 bits per heavy atom. The summed E-state index contributed by atoms with van der Waals surface area (Å²) in [6.45, 7) is 6.59. The molecule has 0 bridgehead atoms. The van der Waals surface area contributed by atoms with Gasteiger partial charge in [0.25, 0.3) is 0 Å². The predicted octanol–water partition coefficient (Wildman–Crippen LogP) is 2.32. The van der Waals surface area contributed by atoms with Gasteiger partial charge in [0.05, 0.1) is 0 Å². The Labute approximate surface area is 86.8 Å². The van der Waals surface area contributed by atoms with Crippen LogP contribution in [0.5, 0.6) is 0 Å². The molecule has 0 radical (unpaired) electrons. The van der Waals surface area contributed by atoms with Gasteiger partial charge in [0.15, 0.2) is 0 Å². The second-order valence-electron chi connectivity index (χ2n) is 3.66. The van der Waals surface area contributed by atoms with Gasteiger partial charge in [0.1, 0.15) is 0 Å². The predicted molar refractivity (Wildman–Crippen MR) is 60.5 cm³/mol. The van der Waals surface area contributed by atoms with Gasteiger partial charge in [-0.25, -0.2) is 0 Å². The number of aromatic nitrogens is 1. The highest BCUT2D eigenvalue weighted by molar-refractivity contribution is 5.21. The Morgan fingerprint density at radius 1 is 1.36 bits per heavy atom. The van der Waals surface area contributed by atoms with Crippen LogP contribution < -0.4 is 5.32 Å². The van der Waals surface area contributed by atoms with Crippen molar-refractivity contribution < 1.29 is 0 Å². The molecule has 2 nitrogen and oxygen atoms in total. The Kier molecular flexibility index (Phi) is 5.23. The second kappa shape index (κ2) is 6.55. The van der Waals surface area contributed by atoms with Gasteiger partial charge in [0.2, 0.25) is 0 Å². The molecule has 0 atom stereocenters. The van der Waals surface area contributed by atoms with Crippen LogP contribution >= 0.6 is 0 Å². The number of hydrogen-bond donors (Lipinski definition) is 1. The molecule has 0 aromatic carbocycles. The molecule has 1 aromatic rings. The lowest BCUT2D eigenvalue weighted by atomic mass is 10.1. The Hall–Kier alpha value is -0.890. The highest BCUT2D eigenvalue weighted by atomic mass is 14.8. The summed E-state index contributed by atoms with van der Waals surface area (Å²) in [5, 5.41) is 3.40. The molecule has 0 fully saturated rings. The normalized spacial score (nSPS) is 10.4. The van der Waals surface area contributed by atoms with Crippen molar-refractivity contribution in [1.29, 1.82) is 0 Å². The average Bonchev–Trinajstić information content (AvgIpc) is 2.20.